The number of carbonyl (C=O) groups excluding carboxylic acids is 2. The molecule has 1 aromatic rings. The van der Waals surface area contributed by atoms with E-state index in [1.54, 1.807) is 12.1 Å². The van der Waals surface area contributed by atoms with Crippen molar-refractivity contribution in [2.75, 3.05) is 6.54 Å². The fourth-order valence-electron chi connectivity index (χ4n) is 1.12. The number of hydrogen-bond donors (Lipinski definition) is 2. The second-order valence-electron chi connectivity index (χ2n) is 4.46. The summed E-state index contributed by atoms with van der Waals surface area (Å²) in [5, 5.41) is 7.16. The molecule has 0 aliphatic carbocycles. The molecule has 0 aromatic carbocycles. The molecule has 0 radical (unpaired) electrons. The summed E-state index contributed by atoms with van der Waals surface area (Å²) in [6, 6.07) is 3.52. The molecule has 0 bridgehead atoms. The van der Waals surface area contributed by atoms with Crippen molar-refractivity contribution in [1.29, 1.82) is 0 Å². The Labute approximate surface area is 99.0 Å². The first-order valence-corrected chi connectivity index (χ1v) is 5.89. The van der Waals surface area contributed by atoms with Crippen LogP contribution in [0.15, 0.2) is 17.5 Å². The van der Waals surface area contributed by atoms with Gasteiger partial charge in [-0.05, 0) is 32.2 Å². The van der Waals surface area contributed by atoms with Crippen molar-refractivity contribution < 1.29 is 9.59 Å². The van der Waals surface area contributed by atoms with E-state index in [2.05, 4.69) is 10.6 Å². The zero-order chi connectivity index (χ0) is 12.2. The van der Waals surface area contributed by atoms with Gasteiger partial charge in [-0.15, -0.1) is 11.3 Å². The Hall–Kier alpha value is -1.36. The number of carbonyl (C=O) groups is 2. The number of thiophene rings is 1. The van der Waals surface area contributed by atoms with Crippen molar-refractivity contribution in [2.24, 2.45) is 0 Å². The summed E-state index contributed by atoms with van der Waals surface area (Å²) in [5.41, 5.74) is -0.273. The van der Waals surface area contributed by atoms with Crippen LogP contribution in [0.3, 0.4) is 0 Å². The van der Waals surface area contributed by atoms with Crippen LogP contribution in [-0.4, -0.2) is 23.9 Å². The van der Waals surface area contributed by atoms with E-state index in [-0.39, 0.29) is 23.9 Å². The molecule has 1 aromatic heterocycles. The molecule has 2 N–H and O–H groups in total. The van der Waals surface area contributed by atoms with E-state index in [9.17, 15) is 9.59 Å². The van der Waals surface area contributed by atoms with Crippen molar-refractivity contribution in [3.8, 4) is 0 Å². The Morgan fingerprint density at radius 1 is 1.38 bits per heavy atom. The van der Waals surface area contributed by atoms with Crippen molar-refractivity contribution in [3.63, 3.8) is 0 Å². The molecular weight excluding hydrogens is 224 g/mol. The normalized spacial score (nSPS) is 10.9. The van der Waals surface area contributed by atoms with E-state index in [1.165, 1.54) is 11.3 Å². The van der Waals surface area contributed by atoms with E-state index in [1.807, 2.05) is 26.2 Å². The predicted molar refractivity (Wildman–Crippen MR) is 64.5 cm³/mol. The van der Waals surface area contributed by atoms with Crippen LogP contribution in [0.2, 0.25) is 0 Å². The molecule has 0 fully saturated rings. The van der Waals surface area contributed by atoms with E-state index >= 15 is 0 Å². The molecule has 0 unspecified atom stereocenters. The van der Waals surface area contributed by atoms with Gasteiger partial charge < -0.3 is 10.6 Å². The van der Waals surface area contributed by atoms with Gasteiger partial charge in [-0.3, -0.25) is 9.59 Å². The summed E-state index contributed by atoms with van der Waals surface area (Å²) in [6.45, 7) is 5.69. The zero-order valence-corrected chi connectivity index (χ0v) is 10.5. The molecule has 4 nitrogen and oxygen atoms in total. The van der Waals surface area contributed by atoms with Gasteiger partial charge in [-0.25, -0.2) is 0 Å². The van der Waals surface area contributed by atoms with Gasteiger partial charge in [0.15, 0.2) is 0 Å². The second-order valence-corrected chi connectivity index (χ2v) is 5.41. The minimum absolute atomic E-state index is 0.00794. The highest BCUT2D eigenvalue weighted by Crippen LogP contribution is 2.07. The van der Waals surface area contributed by atoms with Crippen LogP contribution in [0.25, 0.3) is 0 Å². The molecule has 2 amide bonds. The van der Waals surface area contributed by atoms with Crippen molar-refractivity contribution in [3.05, 3.63) is 22.4 Å². The van der Waals surface area contributed by atoms with Gasteiger partial charge in [0.2, 0.25) is 5.91 Å². The van der Waals surface area contributed by atoms with Crippen LogP contribution >= 0.6 is 11.3 Å². The molecule has 88 valence electrons. The fraction of sp³-hybridized carbons (Fsp3) is 0.455. The summed E-state index contributed by atoms with van der Waals surface area (Å²) in [4.78, 5) is 23.5. The summed E-state index contributed by atoms with van der Waals surface area (Å²) >= 11 is 1.35. The third-order valence-electron chi connectivity index (χ3n) is 1.67. The van der Waals surface area contributed by atoms with E-state index in [0.29, 0.717) is 4.88 Å². The Morgan fingerprint density at radius 3 is 2.56 bits per heavy atom. The van der Waals surface area contributed by atoms with Crippen LogP contribution in [-0.2, 0) is 4.79 Å². The largest absolute Gasteiger partial charge is 0.350 e. The zero-order valence-electron chi connectivity index (χ0n) is 9.66. The molecule has 1 rings (SSSR count). The highest BCUT2D eigenvalue weighted by atomic mass is 32.1. The number of amides is 2. The lowest BCUT2D eigenvalue weighted by Crippen LogP contribution is -2.45. The summed E-state index contributed by atoms with van der Waals surface area (Å²) in [6.07, 6.45) is 0. The monoisotopic (exact) mass is 240 g/mol. The van der Waals surface area contributed by atoms with Crippen molar-refractivity contribution in [2.45, 2.75) is 26.3 Å². The molecule has 5 heteroatoms. The Bertz CT molecular complexity index is 366. The van der Waals surface area contributed by atoms with Crippen LogP contribution < -0.4 is 10.6 Å². The molecule has 1 heterocycles. The molecule has 0 aliphatic rings. The average molecular weight is 240 g/mol. The number of hydrogen-bond acceptors (Lipinski definition) is 3. The van der Waals surface area contributed by atoms with Crippen molar-refractivity contribution in [1.82, 2.24) is 10.6 Å². The summed E-state index contributed by atoms with van der Waals surface area (Å²) in [5.74, 6) is -0.392. The van der Waals surface area contributed by atoms with Gasteiger partial charge in [0.25, 0.3) is 5.91 Å². The van der Waals surface area contributed by atoms with Crippen molar-refractivity contribution >= 4 is 23.2 Å². The van der Waals surface area contributed by atoms with Gasteiger partial charge in [0, 0.05) is 5.54 Å². The van der Waals surface area contributed by atoms with Crippen LogP contribution in [0.4, 0.5) is 0 Å². The third kappa shape index (κ3) is 4.44. The molecule has 0 aliphatic heterocycles. The lowest BCUT2D eigenvalue weighted by molar-refractivity contribution is -0.121. The lowest BCUT2D eigenvalue weighted by atomic mass is 10.1. The van der Waals surface area contributed by atoms with Gasteiger partial charge in [-0.2, -0.15) is 0 Å². The molecular formula is C11H16N2O2S. The minimum atomic E-state index is -0.273. The van der Waals surface area contributed by atoms with E-state index < -0.39 is 0 Å². The molecule has 0 spiro atoms. The highest BCUT2D eigenvalue weighted by molar-refractivity contribution is 7.12. The second kappa shape index (κ2) is 5.12. The van der Waals surface area contributed by atoms with Crippen LogP contribution in [0.5, 0.6) is 0 Å². The van der Waals surface area contributed by atoms with Gasteiger partial charge >= 0.3 is 0 Å². The lowest BCUT2D eigenvalue weighted by Gasteiger charge is -2.20. The predicted octanol–water partition coefficient (Wildman–Crippen LogP) is 1.39. The fourth-order valence-corrected chi connectivity index (χ4v) is 1.76. The molecule has 0 saturated carbocycles. The first kappa shape index (κ1) is 12.7. The molecule has 0 saturated heterocycles. The maximum Gasteiger partial charge on any atom is 0.261 e. The highest BCUT2D eigenvalue weighted by Gasteiger charge is 2.14. The third-order valence-corrected chi connectivity index (χ3v) is 2.54. The molecule has 0 atom stereocenters. The van der Waals surface area contributed by atoms with Crippen LogP contribution in [0.1, 0.15) is 30.4 Å². The SMILES string of the molecule is CC(C)(C)NC(=O)CNC(=O)c1cccs1. The first-order chi connectivity index (χ1) is 7.38. The Balaban J connectivity index is 2.35. The number of nitrogens with one attached hydrogen (secondary N) is 2. The topological polar surface area (TPSA) is 58.2 Å². The Morgan fingerprint density at radius 2 is 2.06 bits per heavy atom. The maximum absolute atomic E-state index is 11.5. The minimum Gasteiger partial charge on any atom is -0.350 e. The van der Waals surface area contributed by atoms with Gasteiger partial charge in [-0.1, -0.05) is 6.07 Å². The van der Waals surface area contributed by atoms with E-state index in [4.69, 9.17) is 0 Å². The Kier molecular flexibility index (Phi) is 4.06. The maximum atomic E-state index is 11.5. The first-order valence-electron chi connectivity index (χ1n) is 5.01. The van der Waals surface area contributed by atoms with Crippen LogP contribution in [0, 0.1) is 0 Å². The quantitative estimate of drug-likeness (QED) is 0.839. The summed E-state index contributed by atoms with van der Waals surface area (Å²) in [7, 11) is 0. The standard InChI is InChI=1S/C11H16N2O2S/c1-11(2,3)13-9(14)7-12-10(15)8-5-4-6-16-8/h4-6H,7H2,1-3H3,(H,12,15)(H,13,14). The smallest absolute Gasteiger partial charge is 0.261 e. The number of rotatable bonds is 3. The van der Waals surface area contributed by atoms with Gasteiger partial charge in [0.1, 0.15) is 0 Å². The van der Waals surface area contributed by atoms with Gasteiger partial charge in [0.05, 0.1) is 11.4 Å². The molecule has 16 heavy (non-hydrogen) atoms. The summed E-state index contributed by atoms with van der Waals surface area (Å²) < 4.78 is 0. The average Bonchev–Trinajstić information content (AvgIpc) is 2.64. The van der Waals surface area contributed by atoms with E-state index in [0.717, 1.165) is 0 Å².